The Morgan fingerprint density at radius 3 is 2.65 bits per heavy atom. The van der Waals surface area contributed by atoms with Crippen LogP contribution in [0.25, 0.3) is 10.9 Å². The van der Waals surface area contributed by atoms with Crippen molar-refractivity contribution in [1.29, 1.82) is 0 Å². The Labute approximate surface area is 199 Å². The Morgan fingerprint density at radius 1 is 0.941 bits per heavy atom. The SMILES string of the molecule is O=C(c1ccccn1)C(C1CCc2ccccc2N1)N1CCN(c2cccc3[nH]ccc23)CC1. The van der Waals surface area contributed by atoms with Crippen LogP contribution in [0.2, 0.25) is 0 Å². The monoisotopic (exact) mass is 451 g/mol. The standard InChI is InChI=1S/C28H29N5O/c34-28(25-8-3-4-14-29-25)27(24-12-11-20-6-1-2-7-22(20)31-24)33-18-16-32(17-19-33)26-10-5-9-23-21(26)13-15-30-23/h1-10,13-15,24,27,30-31H,11-12,16-19H2. The maximum Gasteiger partial charge on any atom is 0.200 e. The van der Waals surface area contributed by atoms with Crippen molar-refractivity contribution >= 4 is 28.1 Å². The van der Waals surface area contributed by atoms with E-state index >= 15 is 0 Å². The Kier molecular flexibility index (Phi) is 5.51. The first-order valence-electron chi connectivity index (χ1n) is 12.1. The van der Waals surface area contributed by atoms with E-state index in [-0.39, 0.29) is 17.9 Å². The average Bonchev–Trinajstić information content (AvgIpc) is 3.39. The van der Waals surface area contributed by atoms with Gasteiger partial charge in [-0.15, -0.1) is 0 Å². The van der Waals surface area contributed by atoms with Crippen molar-refractivity contribution in [3.8, 4) is 0 Å². The zero-order chi connectivity index (χ0) is 22.9. The number of fused-ring (bicyclic) bond motifs is 2. The van der Waals surface area contributed by atoms with Crippen molar-refractivity contribution in [3.63, 3.8) is 0 Å². The van der Waals surface area contributed by atoms with Gasteiger partial charge in [-0.3, -0.25) is 14.7 Å². The summed E-state index contributed by atoms with van der Waals surface area (Å²) in [6.07, 6.45) is 5.63. The number of anilines is 2. The number of carbonyl (C=O) groups is 1. The summed E-state index contributed by atoms with van der Waals surface area (Å²) >= 11 is 0. The predicted molar refractivity (Wildman–Crippen MR) is 137 cm³/mol. The number of nitrogens with one attached hydrogen (secondary N) is 2. The third-order valence-corrected chi connectivity index (χ3v) is 7.27. The van der Waals surface area contributed by atoms with Crippen LogP contribution in [0.1, 0.15) is 22.5 Å². The number of carbonyl (C=O) groups excluding carboxylic acids is 1. The van der Waals surface area contributed by atoms with E-state index in [1.54, 1.807) is 6.20 Å². The van der Waals surface area contributed by atoms with Gasteiger partial charge in [-0.1, -0.05) is 30.3 Å². The number of rotatable bonds is 5. The molecule has 0 radical (unpaired) electrons. The first-order valence-corrected chi connectivity index (χ1v) is 12.1. The smallest absolute Gasteiger partial charge is 0.200 e. The number of Topliss-reactive ketones (excluding diaryl/α,β-unsaturated/α-hetero) is 1. The second-order valence-electron chi connectivity index (χ2n) is 9.21. The lowest BCUT2D eigenvalue weighted by molar-refractivity contribution is 0.0766. The van der Waals surface area contributed by atoms with Crippen molar-refractivity contribution < 1.29 is 4.79 Å². The predicted octanol–water partition coefficient (Wildman–Crippen LogP) is 4.36. The fraction of sp³-hybridized carbons (Fsp3) is 0.286. The average molecular weight is 452 g/mol. The van der Waals surface area contributed by atoms with Gasteiger partial charge in [0.05, 0.1) is 6.04 Å². The Morgan fingerprint density at radius 2 is 1.79 bits per heavy atom. The summed E-state index contributed by atoms with van der Waals surface area (Å²) < 4.78 is 0. The van der Waals surface area contributed by atoms with E-state index in [9.17, 15) is 4.79 Å². The lowest BCUT2D eigenvalue weighted by Gasteiger charge is -2.43. The lowest BCUT2D eigenvalue weighted by atomic mass is 9.89. The fourth-order valence-electron chi connectivity index (χ4n) is 5.55. The first kappa shape index (κ1) is 20.9. The molecule has 2 aromatic heterocycles. The molecule has 2 aromatic carbocycles. The van der Waals surface area contributed by atoms with E-state index in [1.165, 1.54) is 16.6 Å². The third kappa shape index (κ3) is 3.84. The highest BCUT2D eigenvalue weighted by Crippen LogP contribution is 2.31. The van der Waals surface area contributed by atoms with Gasteiger partial charge in [-0.2, -0.15) is 0 Å². The van der Waals surface area contributed by atoms with Gasteiger partial charge in [0, 0.05) is 66.9 Å². The molecule has 2 aliphatic heterocycles. The molecule has 0 spiro atoms. The van der Waals surface area contributed by atoms with E-state index in [2.05, 4.69) is 73.6 Å². The summed E-state index contributed by atoms with van der Waals surface area (Å²) in [5.74, 6) is 0.110. The maximum atomic E-state index is 13.8. The number of ketones is 1. The number of hydrogen-bond donors (Lipinski definition) is 2. The summed E-state index contributed by atoms with van der Waals surface area (Å²) in [4.78, 5) is 26.3. The highest BCUT2D eigenvalue weighted by molar-refractivity contribution is 5.99. The number of benzene rings is 2. The van der Waals surface area contributed by atoms with Gasteiger partial charge in [0.1, 0.15) is 5.69 Å². The van der Waals surface area contributed by atoms with Crippen molar-refractivity contribution in [3.05, 3.63) is 90.4 Å². The van der Waals surface area contributed by atoms with Crippen LogP contribution in [-0.2, 0) is 6.42 Å². The van der Waals surface area contributed by atoms with Gasteiger partial charge in [-0.25, -0.2) is 0 Å². The maximum absolute atomic E-state index is 13.8. The number of H-pyrrole nitrogens is 1. The second kappa shape index (κ2) is 8.95. The van der Waals surface area contributed by atoms with Crippen LogP contribution in [0.3, 0.4) is 0 Å². The minimum absolute atomic E-state index is 0.0593. The molecule has 0 bridgehead atoms. The molecule has 2 unspecified atom stereocenters. The molecular formula is C28H29N5O. The van der Waals surface area contributed by atoms with E-state index in [0.717, 1.165) is 50.2 Å². The minimum atomic E-state index is -0.242. The zero-order valence-electron chi connectivity index (χ0n) is 19.2. The molecule has 1 fully saturated rings. The van der Waals surface area contributed by atoms with Gasteiger partial charge in [-0.05, 0) is 54.8 Å². The highest BCUT2D eigenvalue weighted by Gasteiger charge is 2.38. The van der Waals surface area contributed by atoms with Crippen molar-refractivity contribution in [2.75, 3.05) is 36.4 Å². The van der Waals surface area contributed by atoms with Crippen LogP contribution in [-0.4, -0.2) is 58.9 Å². The van der Waals surface area contributed by atoms with Crippen LogP contribution >= 0.6 is 0 Å². The molecule has 6 heteroatoms. The fourth-order valence-corrected chi connectivity index (χ4v) is 5.55. The summed E-state index contributed by atoms with van der Waals surface area (Å²) in [5.41, 5.74) is 5.44. The third-order valence-electron chi connectivity index (χ3n) is 7.27. The van der Waals surface area contributed by atoms with Gasteiger partial charge >= 0.3 is 0 Å². The minimum Gasteiger partial charge on any atom is -0.380 e. The van der Waals surface area contributed by atoms with Crippen molar-refractivity contribution in [2.24, 2.45) is 0 Å². The van der Waals surface area contributed by atoms with Crippen LogP contribution in [0.5, 0.6) is 0 Å². The van der Waals surface area contributed by atoms with Crippen LogP contribution in [0.4, 0.5) is 11.4 Å². The van der Waals surface area contributed by atoms with E-state index < -0.39 is 0 Å². The molecule has 2 N–H and O–H groups in total. The molecular weight excluding hydrogens is 422 g/mol. The van der Waals surface area contributed by atoms with Crippen LogP contribution in [0.15, 0.2) is 79.1 Å². The molecule has 1 saturated heterocycles. The first-order chi connectivity index (χ1) is 16.8. The van der Waals surface area contributed by atoms with Crippen molar-refractivity contribution in [2.45, 2.75) is 24.9 Å². The summed E-state index contributed by atoms with van der Waals surface area (Å²) in [7, 11) is 0. The van der Waals surface area contributed by atoms with Crippen molar-refractivity contribution in [1.82, 2.24) is 14.9 Å². The molecule has 0 amide bonds. The number of aryl methyl sites for hydroxylation is 1. The molecule has 34 heavy (non-hydrogen) atoms. The van der Waals surface area contributed by atoms with E-state index in [4.69, 9.17) is 0 Å². The van der Waals surface area contributed by atoms with Gasteiger partial charge in [0.15, 0.2) is 5.78 Å². The van der Waals surface area contributed by atoms with E-state index in [1.807, 2.05) is 24.4 Å². The van der Waals surface area contributed by atoms with Crippen LogP contribution < -0.4 is 10.2 Å². The van der Waals surface area contributed by atoms with Gasteiger partial charge in [0.2, 0.25) is 0 Å². The molecule has 0 aliphatic carbocycles. The molecule has 2 aliphatic rings. The zero-order valence-corrected chi connectivity index (χ0v) is 19.2. The highest BCUT2D eigenvalue weighted by atomic mass is 16.1. The molecule has 172 valence electrons. The number of pyridine rings is 1. The number of hydrogen-bond acceptors (Lipinski definition) is 5. The largest absolute Gasteiger partial charge is 0.380 e. The molecule has 0 saturated carbocycles. The summed E-state index contributed by atoms with van der Waals surface area (Å²) in [6, 6.07) is 22.4. The number of nitrogens with zero attached hydrogens (tertiary/aromatic N) is 3. The quantitative estimate of drug-likeness (QED) is 0.442. The number of aromatic nitrogens is 2. The molecule has 6 nitrogen and oxygen atoms in total. The molecule has 2 atom stereocenters. The lowest BCUT2D eigenvalue weighted by Crippen LogP contribution is -2.59. The molecule has 6 rings (SSSR count). The molecule has 4 aromatic rings. The van der Waals surface area contributed by atoms with Crippen LogP contribution in [0, 0.1) is 0 Å². The summed E-state index contributed by atoms with van der Waals surface area (Å²) in [5, 5.41) is 4.95. The van der Waals surface area contributed by atoms with Gasteiger partial charge in [0.25, 0.3) is 0 Å². The number of piperazine rings is 1. The Balaban J connectivity index is 1.26. The second-order valence-corrected chi connectivity index (χ2v) is 9.21. The summed E-state index contributed by atoms with van der Waals surface area (Å²) in [6.45, 7) is 3.45. The molecule has 4 heterocycles. The number of aromatic amines is 1. The van der Waals surface area contributed by atoms with Gasteiger partial charge < -0.3 is 15.2 Å². The normalized spacial score (nSPS) is 19.4. The topological polar surface area (TPSA) is 64.3 Å². The number of para-hydroxylation sites is 1. The Hall–Kier alpha value is -3.64. The van der Waals surface area contributed by atoms with E-state index in [0.29, 0.717) is 5.69 Å². The Bertz CT molecular complexity index is 1290.